The molecule has 5 nitrogen and oxygen atoms in total. The summed E-state index contributed by atoms with van der Waals surface area (Å²) in [7, 11) is 1.77. The summed E-state index contributed by atoms with van der Waals surface area (Å²) in [5, 5.41) is 8.88. The second-order valence-electron chi connectivity index (χ2n) is 3.75. The van der Waals surface area contributed by atoms with Crippen molar-refractivity contribution >= 4 is 6.03 Å². The molecule has 1 aromatic rings. The van der Waals surface area contributed by atoms with Crippen LogP contribution < -0.4 is 0 Å². The van der Waals surface area contributed by atoms with Gasteiger partial charge in [0.25, 0.3) is 0 Å². The predicted molar refractivity (Wildman–Crippen MR) is 57.4 cm³/mol. The lowest BCUT2D eigenvalue weighted by atomic mass is 10.2. The van der Waals surface area contributed by atoms with E-state index in [-0.39, 0.29) is 6.03 Å². The van der Waals surface area contributed by atoms with Crippen molar-refractivity contribution in [2.24, 2.45) is 0 Å². The molecular weight excluding hydrogens is 204 g/mol. The minimum atomic E-state index is 0.00717. The molecular formula is C11H12N4O. The van der Waals surface area contributed by atoms with Crippen molar-refractivity contribution in [2.75, 3.05) is 20.1 Å². The standard InChI is InChI=1S/C11H12N4O/c1-14-5-6-15(11(14)16)8-9-3-2-4-13-10(9)7-12/h2-4H,5-6,8H2,1H3. The number of nitrogens with zero attached hydrogens (tertiary/aromatic N) is 4. The van der Waals surface area contributed by atoms with Gasteiger partial charge in [-0.25, -0.2) is 9.78 Å². The van der Waals surface area contributed by atoms with E-state index in [9.17, 15) is 4.79 Å². The van der Waals surface area contributed by atoms with E-state index < -0.39 is 0 Å². The number of urea groups is 1. The third-order valence-corrected chi connectivity index (χ3v) is 2.66. The molecule has 1 saturated heterocycles. The maximum Gasteiger partial charge on any atom is 0.320 e. The molecule has 1 aromatic heterocycles. The Kier molecular flexibility index (Phi) is 2.73. The number of aromatic nitrogens is 1. The first-order valence-electron chi connectivity index (χ1n) is 5.06. The number of hydrogen-bond donors (Lipinski definition) is 0. The lowest BCUT2D eigenvalue weighted by molar-refractivity contribution is 0.197. The molecule has 5 heteroatoms. The van der Waals surface area contributed by atoms with Gasteiger partial charge in [0.2, 0.25) is 0 Å². The lowest BCUT2D eigenvalue weighted by Crippen LogP contribution is -2.29. The van der Waals surface area contributed by atoms with Gasteiger partial charge in [0.15, 0.2) is 0 Å². The molecule has 2 amide bonds. The Morgan fingerprint density at radius 3 is 3.00 bits per heavy atom. The van der Waals surface area contributed by atoms with E-state index in [4.69, 9.17) is 5.26 Å². The topological polar surface area (TPSA) is 60.2 Å². The van der Waals surface area contributed by atoms with Gasteiger partial charge >= 0.3 is 6.03 Å². The van der Waals surface area contributed by atoms with Crippen LogP contribution in [0, 0.1) is 11.3 Å². The second kappa shape index (κ2) is 4.19. The van der Waals surface area contributed by atoms with Gasteiger partial charge in [0.1, 0.15) is 11.8 Å². The minimum absolute atomic E-state index is 0.00717. The van der Waals surface area contributed by atoms with E-state index in [1.807, 2.05) is 12.1 Å². The highest BCUT2D eigenvalue weighted by Crippen LogP contribution is 2.13. The van der Waals surface area contributed by atoms with Crippen molar-refractivity contribution in [1.82, 2.24) is 14.8 Å². The summed E-state index contributed by atoms with van der Waals surface area (Å²) in [6.45, 7) is 1.90. The minimum Gasteiger partial charge on any atom is -0.326 e. The Balaban J connectivity index is 2.16. The Morgan fingerprint density at radius 2 is 2.38 bits per heavy atom. The third kappa shape index (κ3) is 1.82. The van der Waals surface area contributed by atoms with Gasteiger partial charge in [-0.2, -0.15) is 5.26 Å². The first-order chi connectivity index (χ1) is 7.72. The van der Waals surface area contributed by atoms with Crippen LogP contribution in [0.2, 0.25) is 0 Å². The molecule has 0 spiro atoms. The van der Waals surface area contributed by atoms with E-state index >= 15 is 0 Å². The monoisotopic (exact) mass is 216 g/mol. The summed E-state index contributed by atoms with van der Waals surface area (Å²) in [5.41, 5.74) is 1.19. The number of amides is 2. The van der Waals surface area contributed by atoms with Crippen molar-refractivity contribution in [2.45, 2.75) is 6.54 Å². The number of carbonyl (C=O) groups is 1. The van der Waals surface area contributed by atoms with Crippen LogP contribution in [0.5, 0.6) is 0 Å². The molecule has 0 saturated carbocycles. The summed E-state index contributed by atoms with van der Waals surface area (Å²) in [6, 6.07) is 5.65. The van der Waals surface area contributed by atoms with E-state index in [0.29, 0.717) is 18.8 Å². The van der Waals surface area contributed by atoms with Crippen molar-refractivity contribution in [3.8, 4) is 6.07 Å². The van der Waals surface area contributed by atoms with E-state index in [2.05, 4.69) is 4.98 Å². The van der Waals surface area contributed by atoms with Gasteiger partial charge < -0.3 is 9.80 Å². The van der Waals surface area contributed by atoms with Crippen molar-refractivity contribution < 1.29 is 4.79 Å². The highest BCUT2D eigenvalue weighted by molar-refractivity contribution is 5.76. The first kappa shape index (κ1) is 10.4. The molecule has 0 aliphatic carbocycles. The molecule has 0 atom stereocenters. The molecule has 2 heterocycles. The summed E-state index contributed by atoms with van der Waals surface area (Å²) in [6.07, 6.45) is 1.58. The van der Waals surface area contributed by atoms with Crippen LogP contribution in [0.25, 0.3) is 0 Å². The fourth-order valence-electron chi connectivity index (χ4n) is 1.72. The number of carbonyl (C=O) groups excluding carboxylic acids is 1. The summed E-state index contributed by atoms with van der Waals surface area (Å²) >= 11 is 0. The Hall–Kier alpha value is -2.09. The third-order valence-electron chi connectivity index (χ3n) is 2.66. The predicted octanol–water partition coefficient (Wildman–Crippen LogP) is 0.821. The number of likely N-dealkylation sites (N-methyl/N-ethyl adjacent to an activating group) is 1. The number of pyridine rings is 1. The zero-order chi connectivity index (χ0) is 11.5. The summed E-state index contributed by atoms with van der Waals surface area (Å²) in [4.78, 5) is 19.0. The molecule has 16 heavy (non-hydrogen) atoms. The van der Waals surface area contributed by atoms with Crippen LogP contribution >= 0.6 is 0 Å². The van der Waals surface area contributed by atoms with Gasteiger partial charge in [0.05, 0.1) is 6.54 Å². The van der Waals surface area contributed by atoms with Crippen LogP contribution in [0.4, 0.5) is 4.79 Å². The quantitative estimate of drug-likeness (QED) is 0.735. The molecule has 1 aliphatic rings. The fraction of sp³-hybridized carbons (Fsp3) is 0.364. The van der Waals surface area contributed by atoms with Crippen molar-refractivity contribution in [1.29, 1.82) is 5.26 Å². The van der Waals surface area contributed by atoms with E-state index in [1.54, 1.807) is 29.1 Å². The molecule has 0 bridgehead atoms. The van der Waals surface area contributed by atoms with Gasteiger partial charge in [-0.15, -0.1) is 0 Å². The summed E-state index contributed by atoms with van der Waals surface area (Å²) in [5.74, 6) is 0. The average Bonchev–Trinajstić information content (AvgIpc) is 2.62. The highest BCUT2D eigenvalue weighted by Gasteiger charge is 2.25. The maximum absolute atomic E-state index is 11.7. The maximum atomic E-state index is 11.7. The van der Waals surface area contributed by atoms with Crippen LogP contribution in [-0.2, 0) is 6.54 Å². The molecule has 2 rings (SSSR count). The largest absolute Gasteiger partial charge is 0.326 e. The molecule has 0 aromatic carbocycles. The lowest BCUT2D eigenvalue weighted by Gasteiger charge is -2.16. The van der Waals surface area contributed by atoms with Crippen LogP contribution in [0.1, 0.15) is 11.3 Å². The number of nitriles is 1. The molecule has 0 N–H and O–H groups in total. The molecule has 0 radical (unpaired) electrons. The van der Waals surface area contributed by atoms with E-state index in [1.165, 1.54) is 0 Å². The van der Waals surface area contributed by atoms with Crippen molar-refractivity contribution in [3.63, 3.8) is 0 Å². The van der Waals surface area contributed by atoms with Gasteiger partial charge in [0, 0.05) is 31.9 Å². The normalized spacial score (nSPS) is 15.4. The summed E-state index contributed by atoms with van der Waals surface area (Å²) < 4.78 is 0. The Bertz CT molecular complexity index is 452. The van der Waals surface area contributed by atoms with E-state index in [0.717, 1.165) is 12.1 Å². The van der Waals surface area contributed by atoms with Crippen LogP contribution in [-0.4, -0.2) is 41.0 Å². The number of hydrogen-bond acceptors (Lipinski definition) is 3. The fourth-order valence-corrected chi connectivity index (χ4v) is 1.72. The zero-order valence-electron chi connectivity index (χ0n) is 9.05. The molecule has 1 aliphatic heterocycles. The van der Waals surface area contributed by atoms with Crippen molar-refractivity contribution in [3.05, 3.63) is 29.6 Å². The smallest absolute Gasteiger partial charge is 0.320 e. The average molecular weight is 216 g/mol. The van der Waals surface area contributed by atoms with Gasteiger partial charge in [-0.1, -0.05) is 6.07 Å². The Morgan fingerprint density at radius 1 is 1.56 bits per heavy atom. The highest BCUT2D eigenvalue weighted by atomic mass is 16.2. The van der Waals surface area contributed by atoms with Crippen LogP contribution in [0.3, 0.4) is 0 Å². The molecule has 82 valence electrons. The van der Waals surface area contributed by atoms with Gasteiger partial charge in [-0.3, -0.25) is 0 Å². The second-order valence-corrected chi connectivity index (χ2v) is 3.75. The molecule has 1 fully saturated rings. The first-order valence-corrected chi connectivity index (χ1v) is 5.06. The number of rotatable bonds is 2. The van der Waals surface area contributed by atoms with Crippen LogP contribution in [0.15, 0.2) is 18.3 Å². The Labute approximate surface area is 93.9 Å². The van der Waals surface area contributed by atoms with Gasteiger partial charge in [-0.05, 0) is 6.07 Å². The SMILES string of the molecule is CN1CCN(Cc2cccnc2C#N)C1=O. The molecule has 0 unspecified atom stereocenters. The zero-order valence-corrected chi connectivity index (χ0v) is 9.05.